The third-order valence-electron chi connectivity index (χ3n) is 3.49. The summed E-state index contributed by atoms with van der Waals surface area (Å²) < 4.78 is 11.0. The average molecular weight is 287 g/mol. The molecule has 2 N–H and O–H groups in total. The highest BCUT2D eigenvalue weighted by Gasteiger charge is 2.17. The first kappa shape index (κ1) is 13.9. The highest BCUT2D eigenvalue weighted by atomic mass is 16.5. The summed E-state index contributed by atoms with van der Waals surface area (Å²) in [4.78, 5) is 4.62. The van der Waals surface area contributed by atoms with Gasteiger partial charge in [-0.25, -0.2) is 0 Å². The molecule has 0 saturated heterocycles. The summed E-state index contributed by atoms with van der Waals surface area (Å²) in [5, 5.41) is 7.86. The summed E-state index contributed by atoms with van der Waals surface area (Å²) in [5.41, 5.74) is 2.89. The number of aromatic nitrogens is 1. The van der Waals surface area contributed by atoms with E-state index in [1.807, 2.05) is 19.9 Å². The van der Waals surface area contributed by atoms with Gasteiger partial charge in [-0.1, -0.05) is 12.2 Å². The van der Waals surface area contributed by atoms with Crippen molar-refractivity contribution >= 4 is 28.7 Å². The molecule has 0 amide bonds. The zero-order valence-electron chi connectivity index (χ0n) is 12.5. The molecule has 0 unspecified atom stereocenters. The summed E-state index contributed by atoms with van der Waals surface area (Å²) in [5.74, 6) is 1.75. The van der Waals surface area contributed by atoms with Crippen LogP contribution in [0.5, 0.6) is 0 Å². The third kappa shape index (κ3) is 2.88. The van der Waals surface area contributed by atoms with Crippen molar-refractivity contribution in [1.82, 2.24) is 4.98 Å². The molecule has 0 fully saturated rings. The van der Waals surface area contributed by atoms with E-state index in [9.17, 15) is 0 Å². The Hall–Kier alpha value is -2.01. The number of hydrogen-bond acceptors (Lipinski definition) is 5. The normalized spacial score (nSPS) is 13.2. The maximum atomic E-state index is 5.68. The van der Waals surface area contributed by atoms with Crippen LogP contribution in [0.2, 0.25) is 0 Å². The zero-order chi connectivity index (χ0) is 14.7. The van der Waals surface area contributed by atoms with Gasteiger partial charge in [0.25, 0.3) is 0 Å². The highest BCUT2D eigenvalue weighted by Crippen LogP contribution is 2.35. The molecule has 0 bridgehead atoms. The Kier molecular flexibility index (Phi) is 4.10. The van der Waals surface area contributed by atoms with Gasteiger partial charge in [0.2, 0.25) is 5.71 Å². The Morgan fingerprint density at radius 3 is 3.24 bits per heavy atom. The molecular formula is C16H21N3O2. The van der Waals surface area contributed by atoms with Gasteiger partial charge in [0.05, 0.1) is 11.1 Å². The van der Waals surface area contributed by atoms with Crippen LogP contribution in [-0.2, 0) is 4.74 Å². The first-order valence-corrected chi connectivity index (χ1v) is 7.45. The molecule has 0 aliphatic carbocycles. The van der Waals surface area contributed by atoms with Crippen LogP contribution in [0.3, 0.4) is 0 Å². The summed E-state index contributed by atoms with van der Waals surface area (Å²) >= 11 is 0. The van der Waals surface area contributed by atoms with Gasteiger partial charge in [-0.3, -0.25) is 0 Å². The van der Waals surface area contributed by atoms with Gasteiger partial charge in [-0.05, 0) is 26.3 Å². The van der Waals surface area contributed by atoms with Crippen LogP contribution in [0.1, 0.15) is 24.7 Å². The van der Waals surface area contributed by atoms with Gasteiger partial charge in [0, 0.05) is 31.9 Å². The second-order valence-electron chi connectivity index (χ2n) is 5.09. The van der Waals surface area contributed by atoms with Crippen LogP contribution in [0.4, 0.5) is 11.5 Å². The molecule has 0 atom stereocenters. The number of nitrogens with zero attached hydrogens (tertiary/aromatic N) is 1. The molecule has 3 rings (SSSR count). The molecule has 0 aromatic carbocycles. The fraction of sp³-hybridized carbons (Fsp3) is 0.438. The topological polar surface area (TPSA) is 59.3 Å². The van der Waals surface area contributed by atoms with E-state index in [-0.39, 0.29) is 0 Å². The molecule has 0 radical (unpaired) electrons. The Balaban J connectivity index is 1.86. The molecule has 2 aromatic rings. The molecule has 2 aromatic heterocycles. The highest BCUT2D eigenvalue weighted by molar-refractivity contribution is 5.98. The lowest BCUT2D eigenvalue weighted by Crippen LogP contribution is -2.12. The van der Waals surface area contributed by atoms with E-state index in [4.69, 9.17) is 9.15 Å². The molecule has 0 saturated carbocycles. The second-order valence-corrected chi connectivity index (χ2v) is 5.09. The number of ether oxygens (including phenoxy) is 1. The number of rotatable bonds is 6. The van der Waals surface area contributed by atoms with Crippen LogP contribution in [0, 0.1) is 6.92 Å². The van der Waals surface area contributed by atoms with Crippen LogP contribution in [0.15, 0.2) is 16.6 Å². The van der Waals surface area contributed by atoms with Crippen molar-refractivity contribution in [2.24, 2.45) is 0 Å². The molecule has 21 heavy (non-hydrogen) atoms. The summed E-state index contributed by atoms with van der Waals surface area (Å²) in [7, 11) is 0. The van der Waals surface area contributed by atoms with Gasteiger partial charge in [0.15, 0.2) is 0 Å². The molecule has 112 valence electrons. The Bertz CT molecular complexity index is 661. The van der Waals surface area contributed by atoms with E-state index in [1.54, 1.807) is 0 Å². The fourth-order valence-electron chi connectivity index (χ4n) is 2.54. The molecule has 5 heteroatoms. The third-order valence-corrected chi connectivity index (χ3v) is 3.49. The van der Waals surface area contributed by atoms with Crippen molar-refractivity contribution in [2.45, 2.75) is 20.3 Å². The van der Waals surface area contributed by atoms with Gasteiger partial charge in [-0.2, -0.15) is 4.98 Å². The average Bonchev–Trinajstić information content (AvgIpc) is 2.87. The Morgan fingerprint density at radius 2 is 2.38 bits per heavy atom. The van der Waals surface area contributed by atoms with E-state index in [0.29, 0.717) is 5.71 Å². The summed E-state index contributed by atoms with van der Waals surface area (Å²) in [6.45, 7) is 7.15. The minimum atomic E-state index is 0.682. The van der Waals surface area contributed by atoms with Crippen LogP contribution >= 0.6 is 0 Å². The van der Waals surface area contributed by atoms with Gasteiger partial charge in [-0.15, -0.1) is 0 Å². The molecule has 1 aliphatic rings. The first-order chi connectivity index (χ1) is 10.3. The van der Waals surface area contributed by atoms with E-state index >= 15 is 0 Å². The van der Waals surface area contributed by atoms with Crippen LogP contribution in [-0.4, -0.2) is 31.3 Å². The minimum Gasteiger partial charge on any atom is -0.443 e. The number of fused-ring (bicyclic) bond motifs is 3. The predicted molar refractivity (Wildman–Crippen MR) is 85.9 cm³/mol. The number of pyridine rings is 1. The molecular weight excluding hydrogens is 266 g/mol. The summed E-state index contributed by atoms with van der Waals surface area (Å²) in [6, 6.07) is 2.03. The lowest BCUT2D eigenvalue weighted by atomic mass is 10.1. The number of aryl methyl sites for hydroxylation is 1. The maximum Gasteiger partial charge on any atom is 0.230 e. The van der Waals surface area contributed by atoms with Crippen molar-refractivity contribution in [3.8, 4) is 0 Å². The summed E-state index contributed by atoms with van der Waals surface area (Å²) in [6.07, 6.45) is 5.18. The zero-order valence-corrected chi connectivity index (χ0v) is 12.5. The number of nitrogens with one attached hydrogen (secondary N) is 2. The predicted octanol–water partition coefficient (Wildman–Crippen LogP) is 3.41. The number of furan rings is 1. The monoisotopic (exact) mass is 287 g/mol. The van der Waals surface area contributed by atoms with Crippen molar-refractivity contribution in [2.75, 3.05) is 36.9 Å². The Labute approximate surface area is 124 Å². The smallest absolute Gasteiger partial charge is 0.230 e. The van der Waals surface area contributed by atoms with Gasteiger partial charge < -0.3 is 19.8 Å². The van der Waals surface area contributed by atoms with E-state index < -0.39 is 0 Å². The maximum absolute atomic E-state index is 5.68. The number of hydrogen-bond donors (Lipinski definition) is 2. The second kappa shape index (κ2) is 6.18. The van der Waals surface area contributed by atoms with Crippen LogP contribution in [0.25, 0.3) is 17.2 Å². The van der Waals surface area contributed by atoms with E-state index in [1.165, 1.54) is 0 Å². The number of anilines is 2. The standard InChI is InChI=1S/C16H21N3O2/c1-3-20-9-5-8-18-15-12-6-4-7-17-14(12)13-10-11(2)21-16(13)19-15/h4,6,10,17H,3,5,7-9H2,1-2H3,(H,18,19). The minimum absolute atomic E-state index is 0.682. The molecule has 5 nitrogen and oxygen atoms in total. The van der Waals surface area contributed by atoms with Crippen molar-refractivity contribution < 1.29 is 9.15 Å². The lowest BCUT2D eigenvalue weighted by molar-refractivity contribution is 0.147. The molecule has 0 spiro atoms. The molecule has 1 aliphatic heterocycles. The van der Waals surface area contributed by atoms with E-state index in [0.717, 1.165) is 60.9 Å². The SMILES string of the molecule is CCOCCCNc1nc2oc(C)cc2c2c1C=CCN2. The van der Waals surface area contributed by atoms with Crippen molar-refractivity contribution in [3.63, 3.8) is 0 Å². The first-order valence-electron chi connectivity index (χ1n) is 7.45. The van der Waals surface area contributed by atoms with E-state index in [2.05, 4.69) is 27.8 Å². The molecule has 3 heterocycles. The largest absolute Gasteiger partial charge is 0.443 e. The Morgan fingerprint density at radius 1 is 1.48 bits per heavy atom. The quantitative estimate of drug-likeness (QED) is 0.797. The van der Waals surface area contributed by atoms with Crippen molar-refractivity contribution in [3.05, 3.63) is 23.5 Å². The van der Waals surface area contributed by atoms with Crippen molar-refractivity contribution in [1.29, 1.82) is 0 Å². The van der Waals surface area contributed by atoms with Gasteiger partial charge in [0.1, 0.15) is 11.6 Å². The van der Waals surface area contributed by atoms with Crippen LogP contribution < -0.4 is 10.6 Å². The lowest BCUT2D eigenvalue weighted by Gasteiger charge is -2.17. The van der Waals surface area contributed by atoms with Gasteiger partial charge >= 0.3 is 0 Å². The fourth-order valence-corrected chi connectivity index (χ4v) is 2.54.